The van der Waals surface area contributed by atoms with Crippen molar-refractivity contribution in [2.75, 3.05) is 52.0 Å². The summed E-state index contributed by atoms with van der Waals surface area (Å²) < 4.78 is 42.9. The smallest absolute Gasteiger partial charge is 0.297 e. The second-order valence-electron chi connectivity index (χ2n) is 8.83. The summed E-state index contributed by atoms with van der Waals surface area (Å²) in [4.78, 5) is 7.07. The van der Waals surface area contributed by atoms with Gasteiger partial charge < -0.3 is 18.9 Å². The predicted octanol–water partition coefficient (Wildman–Crippen LogP) is 4.52. The Kier molecular flexibility index (Phi) is 8.94. The SMILES string of the molecule is Cc1ccc(S(=O)(=O)OCCOCCOCCn2c(-c3ccc(N(C)C)cc3)nc3ccccc32)cc1. The van der Waals surface area contributed by atoms with Crippen LogP contribution in [0.1, 0.15) is 5.56 Å². The number of aromatic nitrogens is 2. The lowest BCUT2D eigenvalue weighted by Gasteiger charge is -2.14. The zero-order valence-electron chi connectivity index (χ0n) is 21.5. The number of hydrogen-bond donors (Lipinski definition) is 0. The van der Waals surface area contributed by atoms with E-state index in [2.05, 4.69) is 39.8 Å². The molecule has 1 aromatic heterocycles. The van der Waals surface area contributed by atoms with Crippen LogP contribution in [-0.2, 0) is 30.3 Å². The summed E-state index contributed by atoms with van der Waals surface area (Å²) in [6.07, 6.45) is 0. The van der Waals surface area contributed by atoms with Gasteiger partial charge in [0.25, 0.3) is 10.1 Å². The van der Waals surface area contributed by atoms with Gasteiger partial charge in [-0.15, -0.1) is 0 Å². The fourth-order valence-corrected chi connectivity index (χ4v) is 4.78. The molecule has 0 saturated heterocycles. The van der Waals surface area contributed by atoms with Crippen LogP contribution in [0.2, 0.25) is 0 Å². The summed E-state index contributed by atoms with van der Waals surface area (Å²) >= 11 is 0. The van der Waals surface area contributed by atoms with Crippen molar-refractivity contribution in [3.63, 3.8) is 0 Å². The molecule has 0 aliphatic carbocycles. The summed E-state index contributed by atoms with van der Waals surface area (Å²) in [5.41, 5.74) is 5.16. The second-order valence-corrected chi connectivity index (χ2v) is 10.4. The number of anilines is 1. The fraction of sp³-hybridized carbons (Fsp3) is 0.321. The second kappa shape index (κ2) is 12.3. The minimum Gasteiger partial charge on any atom is -0.378 e. The largest absolute Gasteiger partial charge is 0.378 e. The first-order valence-corrected chi connectivity index (χ1v) is 13.6. The van der Waals surface area contributed by atoms with E-state index in [0.29, 0.717) is 26.4 Å². The van der Waals surface area contributed by atoms with Crippen molar-refractivity contribution in [3.8, 4) is 11.4 Å². The maximum Gasteiger partial charge on any atom is 0.297 e. The van der Waals surface area contributed by atoms with E-state index in [1.165, 1.54) is 12.1 Å². The van der Waals surface area contributed by atoms with Gasteiger partial charge in [0.15, 0.2) is 0 Å². The lowest BCUT2D eigenvalue weighted by Crippen LogP contribution is -2.14. The van der Waals surface area contributed by atoms with E-state index in [1.807, 2.05) is 39.2 Å². The lowest BCUT2D eigenvalue weighted by molar-refractivity contribution is 0.0350. The molecule has 0 unspecified atom stereocenters. The summed E-state index contributed by atoms with van der Waals surface area (Å²) in [5.74, 6) is 0.901. The van der Waals surface area contributed by atoms with Gasteiger partial charge in [-0.05, 0) is 55.5 Å². The third-order valence-corrected chi connectivity index (χ3v) is 7.23. The van der Waals surface area contributed by atoms with E-state index in [9.17, 15) is 8.42 Å². The summed E-state index contributed by atoms with van der Waals surface area (Å²) in [6, 6.07) is 23.0. The maximum atomic E-state index is 12.2. The third kappa shape index (κ3) is 6.95. The Labute approximate surface area is 218 Å². The highest BCUT2D eigenvalue weighted by Gasteiger charge is 2.15. The number of nitrogens with zero attached hydrogens (tertiary/aromatic N) is 3. The van der Waals surface area contributed by atoms with Gasteiger partial charge in [0, 0.05) is 31.9 Å². The van der Waals surface area contributed by atoms with E-state index in [4.69, 9.17) is 18.6 Å². The first-order chi connectivity index (χ1) is 17.8. The molecule has 0 N–H and O–H groups in total. The molecule has 9 heteroatoms. The fourth-order valence-electron chi connectivity index (χ4n) is 3.88. The van der Waals surface area contributed by atoms with Crippen molar-refractivity contribution in [2.24, 2.45) is 0 Å². The van der Waals surface area contributed by atoms with Gasteiger partial charge in [-0.3, -0.25) is 4.18 Å². The Hall–Kier alpha value is -3.24. The number of aryl methyl sites for hydroxylation is 1. The summed E-state index contributed by atoms with van der Waals surface area (Å²) in [7, 11) is 0.261. The molecule has 0 aliphatic rings. The number of imidazole rings is 1. The van der Waals surface area contributed by atoms with E-state index < -0.39 is 10.1 Å². The molecule has 0 aliphatic heterocycles. The summed E-state index contributed by atoms with van der Waals surface area (Å²) in [6.45, 7) is 3.88. The van der Waals surface area contributed by atoms with Crippen LogP contribution in [0.25, 0.3) is 22.4 Å². The van der Waals surface area contributed by atoms with Crippen LogP contribution in [-0.4, -0.2) is 65.1 Å². The molecule has 0 radical (unpaired) electrons. The van der Waals surface area contributed by atoms with E-state index in [-0.39, 0.29) is 18.1 Å². The van der Waals surface area contributed by atoms with Crippen LogP contribution in [0.3, 0.4) is 0 Å². The monoisotopic (exact) mass is 523 g/mol. The first-order valence-electron chi connectivity index (χ1n) is 12.2. The first kappa shape index (κ1) is 26.8. The topological polar surface area (TPSA) is 82.9 Å². The van der Waals surface area contributed by atoms with Crippen LogP contribution in [0, 0.1) is 6.92 Å². The van der Waals surface area contributed by atoms with Gasteiger partial charge >= 0.3 is 0 Å². The molecule has 1 heterocycles. The van der Waals surface area contributed by atoms with Crippen molar-refractivity contribution in [3.05, 3.63) is 78.4 Å². The van der Waals surface area contributed by atoms with Crippen molar-refractivity contribution < 1.29 is 22.1 Å². The molecule has 0 bridgehead atoms. The Morgan fingerprint density at radius 1 is 0.811 bits per heavy atom. The van der Waals surface area contributed by atoms with E-state index >= 15 is 0 Å². The molecule has 3 aromatic carbocycles. The average molecular weight is 524 g/mol. The average Bonchev–Trinajstić information content (AvgIpc) is 3.26. The van der Waals surface area contributed by atoms with Gasteiger partial charge in [0.05, 0.1) is 49.0 Å². The Morgan fingerprint density at radius 3 is 2.16 bits per heavy atom. The van der Waals surface area contributed by atoms with Gasteiger partial charge in [-0.25, -0.2) is 4.98 Å². The van der Waals surface area contributed by atoms with E-state index in [0.717, 1.165) is 33.7 Å². The van der Waals surface area contributed by atoms with Crippen LogP contribution in [0.4, 0.5) is 5.69 Å². The molecule has 0 fully saturated rings. The maximum absolute atomic E-state index is 12.2. The third-order valence-electron chi connectivity index (χ3n) is 5.90. The van der Waals surface area contributed by atoms with Crippen LogP contribution in [0.15, 0.2) is 77.7 Å². The number of ether oxygens (including phenoxy) is 2. The highest BCUT2D eigenvalue weighted by molar-refractivity contribution is 7.86. The van der Waals surface area contributed by atoms with Gasteiger partial charge in [-0.2, -0.15) is 8.42 Å². The molecule has 37 heavy (non-hydrogen) atoms. The quantitative estimate of drug-likeness (QED) is 0.188. The minimum atomic E-state index is -3.78. The molecular formula is C28H33N3O5S. The highest BCUT2D eigenvalue weighted by Crippen LogP contribution is 2.26. The van der Waals surface area contributed by atoms with Crippen molar-refractivity contribution in [1.29, 1.82) is 0 Å². The Bertz CT molecular complexity index is 1400. The molecular weight excluding hydrogens is 490 g/mol. The zero-order chi connectivity index (χ0) is 26.3. The van der Waals surface area contributed by atoms with Gasteiger partial charge in [-0.1, -0.05) is 29.8 Å². The highest BCUT2D eigenvalue weighted by atomic mass is 32.2. The van der Waals surface area contributed by atoms with Gasteiger partial charge in [0.2, 0.25) is 0 Å². The predicted molar refractivity (Wildman–Crippen MR) is 145 cm³/mol. The number of rotatable bonds is 13. The number of para-hydroxylation sites is 2. The lowest BCUT2D eigenvalue weighted by atomic mass is 10.2. The number of benzene rings is 3. The molecule has 4 aromatic rings. The molecule has 0 atom stereocenters. The number of hydrogen-bond acceptors (Lipinski definition) is 7. The number of fused-ring (bicyclic) bond motifs is 1. The molecule has 8 nitrogen and oxygen atoms in total. The summed E-state index contributed by atoms with van der Waals surface area (Å²) in [5, 5.41) is 0. The zero-order valence-corrected chi connectivity index (χ0v) is 22.3. The molecule has 196 valence electrons. The van der Waals surface area contributed by atoms with Gasteiger partial charge in [0.1, 0.15) is 5.82 Å². The standard InChI is InChI=1S/C28H33N3O5S/c1-22-8-14-25(15-9-22)37(32,33)36-21-20-35-19-18-34-17-16-31-27-7-5-4-6-26(27)29-28(31)23-10-12-24(13-11-23)30(2)3/h4-15H,16-21H2,1-3H3. The van der Waals surface area contributed by atoms with Crippen molar-refractivity contribution >= 4 is 26.8 Å². The molecule has 4 rings (SSSR count). The normalized spacial score (nSPS) is 11.8. The molecule has 0 spiro atoms. The van der Waals surface area contributed by atoms with E-state index in [1.54, 1.807) is 12.1 Å². The van der Waals surface area contributed by atoms with Crippen molar-refractivity contribution in [1.82, 2.24) is 9.55 Å². The molecule has 0 amide bonds. The molecule has 0 saturated carbocycles. The minimum absolute atomic E-state index is 0.0484. The van der Waals surface area contributed by atoms with Crippen LogP contribution < -0.4 is 4.90 Å². The van der Waals surface area contributed by atoms with Crippen molar-refractivity contribution in [2.45, 2.75) is 18.4 Å². The van der Waals surface area contributed by atoms with Crippen LogP contribution >= 0.6 is 0 Å². The van der Waals surface area contributed by atoms with Crippen LogP contribution in [0.5, 0.6) is 0 Å². The Balaban J connectivity index is 1.23. The Morgan fingerprint density at radius 2 is 1.46 bits per heavy atom.